The van der Waals surface area contributed by atoms with E-state index in [1.54, 1.807) is 6.92 Å². The van der Waals surface area contributed by atoms with E-state index in [1.807, 2.05) is 0 Å². The largest absolute Gasteiger partial charge is 0.335 e. The molecule has 0 aromatic heterocycles. The van der Waals surface area contributed by atoms with Gasteiger partial charge in [0.05, 0.1) is 12.1 Å². The molecule has 26 heavy (non-hydrogen) atoms. The van der Waals surface area contributed by atoms with Gasteiger partial charge in [-0.05, 0) is 50.9 Å². The Labute approximate surface area is 158 Å². The van der Waals surface area contributed by atoms with E-state index in [2.05, 4.69) is 16.7 Å². The molecule has 0 spiro atoms. The average Bonchev–Trinajstić information content (AvgIpc) is 2.66. The van der Waals surface area contributed by atoms with Crippen LogP contribution in [0.25, 0.3) is 0 Å². The zero-order valence-electron chi connectivity index (χ0n) is 16.7. The molecule has 0 aromatic rings. The Hall–Kier alpha value is -1.06. The molecular formula is C22H36N2O2. The third kappa shape index (κ3) is 3.29. The lowest BCUT2D eigenvalue weighted by molar-refractivity contribution is -0.157. The Kier molecular flexibility index (Phi) is 5.29. The highest BCUT2D eigenvalue weighted by atomic mass is 16.2. The second-order valence-electron chi connectivity index (χ2n) is 9.50. The zero-order chi connectivity index (χ0) is 18.3. The van der Waals surface area contributed by atoms with E-state index in [0.29, 0.717) is 5.91 Å². The van der Waals surface area contributed by atoms with E-state index < -0.39 is 0 Å². The molecule has 1 aliphatic heterocycles. The van der Waals surface area contributed by atoms with Gasteiger partial charge >= 0.3 is 0 Å². The Morgan fingerprint density at radius 2 is 1.46 bits per heavy atom. The molecular weight excluding hydrogens is 324 g/mol. The van der Waals surface area contributed by atoms with Gasteiger partial charge < -0.3 is 9.80 Å². The highest BCUT2D eigenvalue weighted by Gasteiger charge is 2.46. The van der Waals surface area contributed by atoms with Gasteiger partial charge in [0.25, 0.3) is 0 Å². The van der Waals surface area contributed by atoms with Crippen LogP contribution in [0.3, 0.4) is 0 Å². The van der Waals surface area contributed by atoms with Crippen LogP contribution in [0.1, 0.15) is 84.5 Å². The third-order valence-electron chi connectivity index (χ3n) is 7.92. The first kappa shape index (κ1) is 18.3. The van der Waals surface area contributed by atoms with Crippen molar-refractivity contribution in [3.63, 3.8) is 0 Å². The number of hydrogen-bond donors (Lipinski definition) is 0. The molecule has 1 saturated heterocycles. The number of fused-ring (bicyclic) bond motifs is 2. The fourth-order valence-corrected chi connectivity index (χ4v) is 6.74. The smallest absolute Gasteiger partial charge is 0.226 e. The number of carbonyl (C=O) groups excluding carboxylic acids is 2. The predicted octanol–water partition coefficient (Wildman–Crippen LogP) is 3.98. The van der Waals surface area contributed by atoms with Crippen molar-refractivity contribution in [1.29, 1.82) is 0 Å². The molecule has 4 aliphatic rings. The van der Waals surface area contributed by atoms with Crippen LogP contribution < -0.4 is 0 Å². The van der Waals surface area contributed by atoms with E-state index in [4.69, 9.17) is 0 Å². The van der Waals surface area contributed by atoms with Crippen LogP contribution in [0.5, 0.6) is 0 Å². The van der Waals surface area contributed by atoms with Crippen LogP contribution in [0, 0.1) is 17.8 Å². The van der Waals surface area contributed by atoms with Crippen molar-refractivity contribution in [3.8, 4) is 0 Å². The Morgan fingerprint density at radius 1 is 0.808 bits per heavy atom. The number of nitrogens with zero attached hydrogens (tertiary/aromatic N) is 2. The molecule has 4 heteroatoms. The quantitative estimate of drug-likeness (QED) is 0.709. The van der Waals surface area contributed by atoms with Crippen molar-refractivity contribution >= 4 is 11.8 Å². The van der Waals surface area contributed by atoms with Crippen LogP contribution in [0.15, 0.2) is 0 Å². The number of rotatable bonds is 1. The van der Waals surface area contributed by atoms with E-state index >= 15 is 0 Å². The van der Waals surface area contributed by atoms with Gasteiger partial charge in [0.1, 0.15) is 0 Å². The van der Waals surface area contributed by atoms with Crippen LogP contribution in [-0.4, -0.2) is 46.3 Å². The standard InChI is InChI=1S/C22H36N2O2/c1-15-14-23(20-9-5-6-10-21(20)24(15)16(2)25)22(26)19-12-11-17-7-3-4-8-18(17)13-19/h15,17-21H,3-14H2,1-2H3/t15-,17?,18?,19?,20?,21?/m0/s1. The second-order valence-corrected chi connectivity index (χ2v) is 9.50. The summed E-state index contributed by atoms with van der Waals surface area (Å²) in [6, 6.07) is 0.669. The van der Waals surface area contributed by atoms with E-state index in [9.17, 15) is 9.59 Å². The van der Waals surface area contributed by atoms with Crippen molar-refractivity contribution in [2.45, 2.75) is 103 Å². The summed E-state index contributed by atoms with van der Waals surface area (Å²) in [4.78, 5) is 30.1. The van der Waals surface area contributed by atoms with Gasteiger partial charge in [-0.1, -0.05) is 38.5 Å². The van der Waals surface area contributed by atoms with Gasteiger partial charge in [-0.2, -0.15) is 0 Å². The summed E-state index contributed by atoms with van der Waals surface area (Å²) in [7, 11) is 0. The Morgan fingerprint density at radius 3 is 2.19 bits per heavy atom. The van der Waals surface area contributed by atoms with Crippen molar-refractivity contribution in [3.05, 3.63) is 0 Å². The number of amides is 2. The van der Waals surface area contributed by atoms with Crippen LogP contribution in [0.4, 0.5) is 0 Å². The van der Waals surface area contributed by atoms with Gasteiger partial charge in [0.15, 0.2) is 0 Å². The number of carbonyl (C=O) groups is 2. The van der Waals surface area contributed by atoms with Gasteiger partial charge in [-0.25, -0.2) is 0 Å². The van der Waals surface area contributed by atoms with Crippen LogP contribution >= 0.6 is 0 Å². The summed E-state index contributed by atoms with van der Waals surface area (Å²) in [5.41, 5.74) is 0. The van der Waals surface area contributed by atoms with Crippen LogP contribution in [-0.2, 0) is 9.59 Å². The fraction of sp³-hybridized carbons (Fsp3) is 0.909. The molecule has 6 atom stereocenters. The molecule has 0 aromatic carbocycles. The summed E-state index contributed by atoms with van der Waals surface area (Å²) < 4.78 is 0. The van der Waals surface area contributed by atoms with Crippen molar-refractivity contribution in [2.75, 3.05) is 6.54 Å². The lowest BCUT2D eigenvalue weighted by Crippen LogP contribution is -2.67. The molecule has 3 saturated carbocycles. The first-order chi connectivity index (χ1) is 12.6. The molecule has 1 heterocycles. The van der Waals surface area contributed by atoms with Crippen LogP contribution in [0.2, 0.25) is 0 Å². The highest BCUT2D eigenvalue weighted by molar-refractivity contribution is 5.80. The molecule has 5 unspecified atom stereocenters. The van der Waals surface area contributed by atoms with Gasteiger partial charge in [0, 0.05) is 25.4 Å². The monoisotopic (exact) mass is 360 g/mol. The van der Waals surface area contributed by atoms with Crippen molar-refractivity contribution in [2.24, 2.45) is 17.8 Å². The third-order valence-corrected chi connectivity index (χ3v) is 7.92. The minimum Gasteiger partial charge on any atom is -0.335 e. The normalized spacial score (nSPS) is 40.5. The summed E-state index contributed by atoms with van der Waals surface area (Å²) >= 11 is 0. The lowest BCUT2D eigenvalue weighted by atomic mass is 9.67. The second kappa shape index (κ2) is 7.52. The zero-order valence-corrected chi connectivity index (χ0v) is 16.7. The number of hydrogen-bond acceptors (Lipinski definition) is 2. The maximum atomic E-state index is 13.5. The minimum absolute atomic E-state index is 0.154. The molecule has 3 aliphatic carbocycles. The minimum atomic E-state index is 0.154. The summed E-state index contributed by atoms with van der Waals surface area (Å²) in [6.07, 6.45) is 13.5. The lowest BCUT2D eigenvalue weighted by Gasteiger charge is -2.53. The molecule has 0 N–H and O–H groups in total. The predicted molar refractivity (Wildman–Crippen MR) is 103 cm³/mol. The van der Waals surface area contributed by atoms with Crippen molar-refractivity contribution in [1.82, 2.24) is 9.80 Å². The topological polar surface area (TPSA) is 40.6 Å². The molecule has 4 rings (SSSR count). The van der Waals surface area contributed by atoms with E-state index in [1.165, 1.54) is 44.9 Å². The fourth-order valence-electron chi connectivity index (χ4n) is 6.74. The van der Waals surface area contributed by atoms with Gasteiger partial charge in [0.2, 0.25) is 11.8 Å². The average molecular weight is 361 g/mol. The van der Waals surface area contributed by atoms with E-state index in [-0.39, 0.29) is 30.0 Å². The molecule has 0 radical (unpaired) electrons. The first-order valence-corrected chi connectivity index (χ1v) is 11.2. The Bertz CT molecular complexity index is 548. The Balaban J connectivity index is 1.49. The van der Waals surface area contributed by atoms with Gasteiger partial charge in [-0.3, -0.25) is 9.59 Å². The van der Waals surface area contributed by atoms with Crippen molar-refractivity contribution < 1.29 is 9.59 Å². The van der Waals surface area contributed by atoms with E-state index in [0.717, 1.165) is 44.1 Å². The van der Waals surface area contributed by atoms with Gasteiger partial charge in [-0.15, -0.1) is 0 Å². The summed E-state index contributed by atoms with van der Waals surface area (Å²) in [6.45, 7) is 4.57. The molecule has 4 nitrogen and oxygen atoms in total. The summed E-state index contributed by atoms with van der Waals surface area (Å²) in [5.74, 6) is 2.53. The maximum Gasteiger partial charge on any atom is 0.226 e. The highest BCUT2D eigenvalue weighted by Crippen LogP contribution is 2.44. The molecule has 146 valence electrons. The maximum absolute atomic E-state index is 13.5. The SMILES string of the molecule is CC(=O)N1C2CCCCC2N(C(=O)C2CCC3CCCCC3C2)C[C@@H]1C. The first-order valence-electron chi connectivity index (χ1n) is 11.2. The molecule has 2 amide bonds. The molecule has 4 fully saturated rings. The summed E-state index contributed by atoms with van der Waals surface area (Å²) in [5, 5.41) is 0. The molecule has 0 bridgehead atoms. The number of piperazine rings is 1.